The van der Waals surface area contributed by atoms with Crippen molar-refractivity contribution in [1.29, 1.82) is 0 Å². The molecule has 3 rings (SSSR count). The van der Waals surface area contributed by atoms with Gasteiger partial charge in [-0.3, -0.25) is 4.79 Å². The van der Waals surface area contributed by atoms with E-state index in [0.717, 1.165) is 17.1 Å². The van der Waals surface area contributed by atoms with Gasteiger partial charge in [-0.25, -0.2) is 8.42 Å². The molecule has 2 aromatic carbocycles. The van der Waals surface area contributed by atoms with Gasteiger partial charge in [0.2, 0.25) is 10.0 Å². The first kappa shape index (κ1) is 19.2. The average molecular weight is 411 g/mol. The molecule has 0 atom stereocenters. The molecular weight excluding hydrogens is 392 g/mol. The summed E-state index contributed by atoms with van der Waals surface area (Å²) in [6.07, 6.45) is 0. The average Bonchev–Trinajstić information content (AvgIpc) is 2.64. The van der Waals surface area contributed by atoms with E-state index in [9.17, 15) is 13.2 Å². The van der Waals surface area contributed by atoms with Gasteiger partial charge in [0.15, 0.2) is 0 Å². The van der Waals surface area contributed by atoms with Crippen LogP contribution in [0.25, 0.3) is 0 Å². The summed E-state index contributed by atoms with van der Waals surface area (Å²) in [4.78, 5) is 12.7. The number of hydrogen-bond acceptors (Lipinski definition) is 4. The molecule has 26 heavy (non-hydrogen) atoms. The number of aryl methyl sites for hydroxylation is 1. The molecule has 1 aliphatic heterocycles. The second kappa shape index (κ2) is 8.00. The number of amides is 1. The van der Waals surface area contributed by atoms with Gasteiger partial charge in [-0.1, -0.05) is 29.8 Å². The Balaban J connectivity index is 1.90. The molecule has 0 radical (unpaired) electrons. The fraction of sp³-hybridized carbons (Fsp3) is 0.278. The van der Waals surface area contributed by atoms with Crippen molar-refractivity contribution in [2.45, 2.75) is 11.8 Å². The first-order chi connectivity index (χ1) is 12.4. The summed E-state index contributed by atoms with van der Waals surface area (Å²) in [5, 5.41) is 3.00. The van der Waals surface area contributed by atoms with Crippen LogP contribution in [0.3, 0.4) is 0 Å². The zero-order valence-corrected chi connectivity index (χ0v) is 16.6. The highest BCUT2D eigenvalue weighted by atomic mass is 35.5. The van der Waals surface area contributed by atoms with Crippen LogP contribution >= 0.6 is 23.4 Å². The molecular formula is C18H19ClN2O3S2. The molecule has 8 heteroatoms. The van der Waals surface area contributed by atoms with Crippen LogP contribution in [0.15, 0.2) is 47.4 Å². The van der Waals surface area contributed by atoms with E-state index in [-0.39, 0.29) is 15.5 Å². The predicted molar refractivity (Wildman–Crippen MR) is 107 cm³/mol. The van der Waals surface area contributed by atoms with E-state index in [0.29, 0.717) is 18.8 Å². The SMILES string of the molecule is Cc1ccccc1NC(=O)c1cc(S(=O)(=O)N2CCSCC2)ccc1Cl. The molecule has 1 heterocycles. The molecule has 1 saturated heterocycles. The Morgan fingerprint density at radius 2 is 1.85 bits per heavy atom. The Kier molecular flexibility index (Phi) is 5.92. The molecule has 0 spiro atoms. The van der Waals surface area contributed by atoms with Gasteiger partial charge >= 0.3 is 0 Å². The quantitative estimate of drug-likeness (QED) is 0.835. The molecule has 0 aromatic heterocycles. The Bertz CT molecular complexity index is 926. The van der Waals surface area contributed by atoms with Crippen molar-refractivity contribution in [2.75, 3.05) is 29.9 Å². The normalized spacial score (nSPS) is 15.6. The number of nitrogens with zero attached hydrogens (tertiary/aromatic N) is 1. The van der Waals surface area contributed by atoms with E-state index in [4.69, 9.17) is 11.6 Å². The molecule has 0 saturated carbocycles. The van der Waals surface area contributed by atoms with Crippen LogP contribution < -0.4 is 5.32 Å². The molecule has 5 nitrogen and oxygen atoms in total. The third-order valence-electron chi connectivity index (χ3n) is 4.18. The number of hydrogen-bond donors (Lipinski definition) is 1. The summed E-state index contributed by atoms with van der Waals surface area (Å²) in [5.41, 5.74) is 1.71. The van der Waals surface area contributed by atoms with Crippen molar-refractivity contribution in [3.63, 3.8) is 0 Å². The number of benzene rings is 2. The highest BCUT2D eigenvalue weighted by Crippen LogP contribution is 2.26. The molecule has 0 aliphatic carbocycles. The minimum atomic E-state index is -3.63. The number of thioether (sulfide) groups is 1. The van der Waals surface area contributed by atoms with Crippen molar-refractivity contribution < 1.29 is 13.2 Å². The fourth-order valence-electron chi connectivity index (χ4n) is 2.68. The van der Waals surface area contributed by atoms with Crippen molar-refractivity contribution in [1.82, 2.24) is 4.31 Å². The summed E-state index contributed by atoms with van der Waals surface area (Å²) in [6, 6.07) is 11.6. The van der Waals surface area contributed by atoms with Crippen LogP contribution in [0.2, 0.25) is 5.02 Å². The Labute approximate surface area is 162 Å². The summed E-state index contributed by atoms with van der Waals surface area (Å²) in [6.45, 7) is 2.83. The Morgan fingerprint density at radius 3 is 2.54 bits per heavy atom. The number of carbonyl (C=O) groups excluding carboxylic acids is 1. The lowest BCUT2D eigenvalue weighted by Crippen LogP contribution is -2.37. The van der Waals surface area contributed by atoms with E-state index in [1.165, 1.54) is 22.5 Å². The van der Waals surface area contributed by atoms with Gasteiger partial charge < -0.3 is 5.32 Å². The third kappa shape index (κ3) is 4.06. The lowest BCUT2D eigenvalue weighted by Gasteiger charge is -2.25. The van der Waals surface area contributed by atoms with Gasteiger partial charge in [0, 0.05) is 30.3 Å². The van der Waals surface area contributed by atoms with Crippen LogP contribution in [0.1, 0.15) is 15.9 Å². The summed E-state index contributed by atoms with van der Waals surface area (Å²) in [5.74, 6) is 1.11. The van der Waals surface area contributed by atoms with Gasteiger partial charge in [0.05, 0.1) is 15.5 Å². The largest absolute Gasteiger partial charge is 0.322 e. The summed E-state index contributed by atoms with van der Waals surface area (Å²) in [7, 11) is -3.63. The minimum Gasteiger partial charge on any atom is -0.322 e. The van der Waals surface area contributed by atoms with Crippen LogP contribution in [-0.2, 0) is 10.0 Å². The van der Waals surface area contributed by atoms with Gasteiger partial charge in [-0.15, -0.1) is 0 Å². The third-order valence-corrected chi connectivity index (χ3v) is 7.35. The van der Waals surface area contributed by atoms with E-state index in [2.05, 4.69) is 5.32 Å². The first-order valence-corrected chi connectivity index (χ1v) is 11.1. The fourth-order valence-corrected chi connectivity index (χ4v) is 5.48. The van der Waals surface area contributed by atoms with E-state index in [1.807, 2.05) is 25.1 Å². The number of para-hydroxylation sites is 1. The monoisotopic (exact) mass is 410 g/mol. The number of sulfonamides is 1. The highest BCUT2D eigenvalue weighted by molar-refractivity contribution is 7.99. The van der Waals surface area contributed by atoms with Gasteiger partial charge in [-0.05, 0) is 36.8 Å². The molecule has 1 aliphatic rings. The van der Waals surface area contributed by atoms with Crippen LogP contribution in [0, 0.1) is 6.92 Å². The van der Waals surface area contributed by atoms with Gasteiger partial charge in [0.25, 0.3) is 5.91 Å². The van der Waals surface area contributed by atoms with Crippen LogP contribution in [-0.4, -0.2) is 43.2 Å². The minimum absolute atomic E-state index is 0.0868. The maximum absolute atomic E-state index is 12.8. The summed E-state index contributed by atoms with van der Waals surface area (Å²) >= 11 is 7.89. The summed E-state index contributed by atoms with van der Waals surface area (Å²) < 4.78 is 27.1. The molecule has 1 amide bonds. The maximum atomic E-state index is 12.8. The van der Waals surface area contributed by atoms with E-state index < -0.39 is 15.9 Å². The van der Waals surface area contributed by atoms with Crippen molar-refractivity contribution in [3.8, 4) is 0 Å². The van der Waals surface area contributed by atoms with E-state index in [1.54, 1.807) is 17.8 Å². The zero-order chi connectivity index (χ0) is 18.7. The standard InChI is InChI=1S/C18H19ClN2O3S2/c1-13-4-2-3-5-17(13)20-18(22)15-12-14(6-7-16(15)19)26(23,24)21-8-10-25-11-9-21/h2-7,12H,8-11H2,1H3,(H,20,22). The highest BCUT2D eigenvalue weighted by Gasteiger charge is 2.27. The van der Waals surface area contributed by atoms with Gasteiger partial charge in [-0.2, -0.15) is 16.1 Å². The maximum Gasteiger partial charge on any atom is 0.257 e. The molecule has 1 fully saturated rings. The smallest absolute Gasteiger partial charge is 0.257 e. The number of nitrogens with one attached hydrogen (secondary N) is 1. The number of anilines is 1. The second-order valence-corrected chi connectivity index (χ2v) is 9.50. The van der Waals surface area contributed by atoms with Crippen LogP contribution in [0.5, 0.6) is 0 Å². The lowest BCUT2D eigenvalue weighted by atomic mass is 10.1. The predicted octanol–water partition coefficient (Wildman–Crippen LogP) is 3.64. The Morgan fingerprint density at radius 1 is 1.15 bits per heavy atom. The Hall–Kier alpha value is -1.54. The van der Waals surface area contributed by atoms with Crippen molar-refractivity contribution in [2.24, 2.45) is 0 Å². The zero-order valence-electron chi connectivity index (χ0n) is 14.2. The number of carbonyl (C=O) groups is 1. The van der Waals surface area contributed by atoms with Gasteiger partial charge in [0.1, 0.15) is 0 Å². The number of halogens is 1. The van der Waals surface area contributed by atoms with Crippen molar-refractivity contribution >= 4 is 45.0 Å². The molecule has 138 valence electrons. The second-order valence-electron chi connectivity index (χ2n) is 5.93. The number of rotatable bonds is 4. The van der Waals surface area contributed by atoms with E-state index >= 15 is 0 Å². The molecule has 0 bridgehead atoms. The first-order valence-electron chi connectivity index (χ1n) is 8.14. The topological polar surface area (TPSA) is 66.5 Å². The lowest BCUT2D eigenvalue weighted by molar-refractivity contribution is 0.102. The molecule has 0 unspecified atom stereocenters. The van der Waals surface area contributed by atoms with Crippen molar-refractivity contribution in [3.05, 3.63) is 58.6 Å². The van der Waals surface area contributed by atoms with Crippen LogP contribution in [0.4, 0.5) is 5.69 Å². The molecule has 1 N–H and O–H groups in total. The molecule has 2 aromatic rings.